The van der Waals surface area contributed by atoms with Gasteiger partial charge in [-0.3, -0.25) is 14.8 Å². The number of H-pyrrole nitrogens is 1. The summed E-state index contributed by atoms with van der Waals surface area (Å²) in [5.74, 6) is 1.59. The van der Waals surface area contributed by atoms with Crippen molar-refractivity contribution in [3.05, 3.63) is 29.5 Å². The average molecular weight is 366 g/mol. The number of methoxy groups -OCH3 is 1. The highest BCUT2D eigenvalue weighted by Gasteiger charge is 2.61. The van der Waals surface area contributed by atoms with Crippen LogP contribution in [0.15, 0.2) is 18.2 Å². The molecule has 2 unspecified atom stereocenters. The zero-order chi connectivity index (χ0) is 18.2. The molecule has 2 aromatic rings. The number of aromatic nitrogens is 2. The highest BCUT2D eigenvalue weighted by Crippen LogP contribution is 2.52. The van der Waals surface area contributed by atoms with Gasteiger partial charge in [0.05, 0.1) is 13.2 Å². The van der Waals surface area contributed by atoms with Gasteiger partial charge in [-0.1, -0.05) is 0 Å². The maximum Gasteiger partial charge on any atom is 0.272 e. The number of aromatic amines is 1. The van der Waals surface area contributed by atoms with Crippen molar-refractivity contribution in [1.82, 2.24) is 20.0 Å². The first-order valence-corrected chi connectivity index (χ1v) is 9.66. The van der Waals surface area contributed by atoms with Gasteiger partial charge in [-0.25, -0.2) is 0 Å². The smallest absolute Gasteiger partial charge is 0.272 e. The largest absolute Gasteiger partial charge is 0.497 e. The molecule has 2 saturated heterocycles. The van der Waals surface area contributed by atoms with E-state index in [1.165, 1.54) is 19.4 Å². The van der Waals surface area contributed by atoms with Gasteiger partial charge in [0.2, 0.25) is 0 Å². The van der Waals surface area contributed by atoms with Gasteiger partial charge in [-0.15, -0.1) is 0 Å². The predicted octanol–water partition coefficient (Wildman–Crippen LogP) is 2.04. The van der Waals surface area contributed by atoms with E-state index in [0.29, 0.717) is 18.3 Å². The van der Waals surface area contributed by atoms with E-state index in [0.717, 1.165) is 47.8 Å². The molecule has 3 fully saturated rings. The molecule has 1 saturated carbocycles. The molecule has 27 heavy (non-hydrogen) atoms. The fourth-order valence-corrected chi connectivity index (χ4v) is 5.38. The van der Waals surface area contributed by atoms with Crippen molar-refractivity contribution in [1.29, 1.82) is 0 Å². The average Bonchev–Trinajstić information content (AvgIpc) is 3.08. The molecular formula is C20H22N4O3. The van der Waals surface area contributed by atoms with E-state index in [1.54, 1.807) is 7.11 Å². The van der Waals surface area contributed by atoms with Crippen LogP contribution in [0.4, 0.5) is 0 Å². The predicted molar refractivity (Wildman–Crippen MR) is 97.9 cm³/mol. The standard InChI is InChI=1S/C20H22N4O3/c1-26-12-2-3-15-13(10-12)17-14(11-27-15)18(22-21-17)19(25)24-9-8-23-7-6-20(23)5-4-16(20)24/h2-3,10,16H,4-9,11H2,1H3,(H,21,22). The van der Waals surface area contributed by atoms with Crippen molar-refractivity contribution >= 4 is 5.91 Å². The molecular weight excluding hydrogens is 344 g/mol. The number of fused-ring (bicyclic) bond motifs is 3. The third-order valence-electron chi connectivity index (χ3n) is 7.06. The van der Waals surface area contributed by atoms with Gasteiger partial charge in [-0.2, -0.15) is 5.10 Å². The summed E-state index contributed by atoms with van der Waals surface area (Å²) in [6.45, 7) is 3.33. The lowest BCUT2D eigenvalue weighted by molar-refractivity contribution is -0.161. The van der Waals surface area contributed by atoms with Gasteiger partial charge in [0.1, 0.15) is 29.5 Å². The van der Waals surface area contributed by atoms with E-state index in [2.05, 4.69) is 20.0 Å². The molecule has 0 radical (unpaired) electrons. The van der Waals surface area contributed by atoms with E-state index in [9.17, 15) is 4.79 Å². The lowest BCUT2D eigenvalue weighted by Crippen LogP contribution is -2.79. The number of ether oxygens (including phenoxy) is 2. The van der Waals surface area contributed by atoms with Crippen LogP contribution in [0.2, 0.25) is 0 Å². The zero-order valence-corrected chi connectivity index (χ0v) is 15.3. The van der Waals surface area contributed by atoms with Crippen molar-refractivity contribution < 1.29 is 14.3 Å². The van der Waals surface area contributed by atoms with Crippen LogP contribution in [-0.2, 0) is 6.61 Å². The van der Waals surface area contributed by atoms with E-state index < -0.39 is 0 Å². The number of carbonyl (C=O) groups is 1. The molecule has 1 amide bonds. The van der Waals surface area contributed by atoms with E-state index in [1.807, 2.05) is 18.2 Å². The SMILES string of the molecule is COc1ccc2c(c1)-c1n[nH]c(C(=O)N3CCN4CCC45CCC35)c1CO2. The van der Waals surface area contributed by atoms with Crippen LogP contribution in [-0.4, -0.2) is 64.2 Å². The fourth-order valence-electron chi connectivity index (χ4n) is 5.38. The van der Waals surface area contributed by atoms with Crippen molar-refractivity contribution in [2.45, 2.75) is 37.5 Å². The van der Waals surface area contributed by atoms with Crippen molar-refractivity contribution in [3.63, 3.8) is 0 Å². The number of rotatable bonds is 2. The first kappa shape index (κ1) is 15.5. The molecule has 4 heterocycles. The molecule has 6 rings (SSSR count). The third-order valence-corrected chi connectivity index (χ3v) is 7.06. The highest BCUT2D eigenvalue weighted by atomic mass is 16.5. The first-order chi connectivity index (χ1) is 13.2. The quantitative estimate of drug-likeness (QED) is 0.881. The Balaban J connectivity index is 1.35. The molecule has 1 aromatic carbocycles. The molecule has 1 aromatic heterocycles. The summed E-state index contributed by atoms with van der Waals surface area (Å²) in [6.07, 6.45) is 3.55. The van der Waals surface area contributed by atoms with Crippen molar-refractivity contribution in [2.75, 3.05) is 26.7 Å². The molecule has 1 N–H and O–H groups in total. The summed E-state index contributed by atoms with van der Waals surface area (Å²) >= 11 is 0. The number of amides is 1. The number of hydrogen-bond donors (Lipinski definition) is 1. The van der Waals surface area contributed by atoms with Gasteiger partial charge >= 0.3 is 0 Å². The molecule has 7 nitrogen and oxygen atoms in total. The Morgan fingerprint density at radius 1 is 1.33 bits per heavy atom. The van der Waals surface area contributed by atoms with Gasteiger partial charge in [0.15, 0.2) is 0 Å². The second kappa shape index (κ2) is 5.25. The summed E-state index contributed by atoms with van der Waals surface area (Å²) in [6, 6.07) is 6.03. The summed E-state index contributed by atoms with van der Waals surface area (Å²) < 4.78 is 11.2. The molecule has 1 spiro atoms. The van der Waals surface area contributed by atoms with Crippen LogP contribution in [0, 0.1) is 0 Å². The van der Waals surface area contributed by atoms with Crippen LogP contribution >= 0.6 is 0 Å². The number of carbonyl (C=O) groups excluding carboxylic acids is 1. The number of nitrogens with one attached hydrogen (secondary N) is 1. The van der Waals surface area contributed by atoms with E-state index in [4.69, 9.17) is 9.47 Å². The van der Waals surface area contributed by atoms with Crippen molar-refractivity contribution in [3.8, 4) is 22.8 Å². The topological polar surface area (TPSA) is 70.7 Å². The Bertz CT molecular complexity index is 951. The van der Waals surface area contributed by atoms with Crippen LogP contribution < -0.4 is 9.47 Å². The first-order valence-electron chi connectivity index (χ1n) is 9.66. The fraction of sp³-hybridized carbons (Fsp3) is 0.500. The molecule has 4 aliphatic rings. The Morgan fingerprint density at radius 2 is 2.26 bits per heavy atom. The second-order valence-corrected chi connectivity index (χ2v) is 7.97. The minimum Gasteiger partial charge on any atom is -0.497 e. The normalized spacial score (nSPS) is 27.9. The molecule has 3 aliphatic heterocycles. The van der Waals surface area contributed by atoms with E-state index >= 15 is 0 Å². The minimum atomic E-state index is 0.0642. The molecule has 140 valence electrons. The minimum absolute atomic E-state index is 0.0642. The number of piperazine rings is 1. The summed E-state index contributed by atoms with van der Waals surface area (Å²) in [5.41, 5.74) is 3.36. The maximum absolute atomic E-state index is 13.4. The van der Waals surface area contributed by atoms with Gasteiger partial charge in [0.25, 0.3) is 5.91 Å². The zero-order valence-electron chi connectivity index (χ0n) is 15.3. The Hall–Kier alpha value is -2.54. The van der Waals surface area contributed by atoms with Crippen LogP contribution in [0.5, 0.6) is 11.5 Å². The molecule has 1 aliphatic carbocycles. The van der Waals surface area contributed by atoms with Gasteiger partial charge < -0.3 is 14.4 Å². The molecule has 2 atom stereocenters. The number of nitrogens with zero attached hydrogens (tertiary/aromatic N) is 3. The lowest BCUT2D eigenvalue weighted by atomic mass is 9.61. The third kappa shape index (κ3) is 1.90. The Morgan fingerprint density at radius 3 is 3.00 bits per heavy atom. The van der Waals surface area contributed by atoms with Crippen LogP contribution in [0.25, 0.3) is 11.3 Å². The van der Waals surface area contributed by atoms with Gasteiger partial charge in [-0.05, 0) is 37.5 Å². The summed E-state index contributed by atoms with van der Waals surface area (Å²) in [5, 5.41) is 7.50. The second-order valence-electron chi connectivity index (χ2n) is 7.97. The molecule has 7 heteroatoms. The number of hydrogen-bond acceptors (Lipinski definition) is 5. The van der Waals surface area contributed by atoms with Crippen LogP contribution in [0.1, 0.15) is 35.3 Å². The Kier molecular flexibility index (Phi) is 3.02. The summed E-state index contributed by atoms with van der Waals surface area (Å²) in [4.78, 5) is 18.0. The van der Waals surface area contributed by atoms with Crippen LogP contribution in [0.3, 0.4) is 0 Å². The lowest BCUT2D eigenvalue weighted by Gasteiger charge is -2.68. The molecule has 0 bridgehead atoms. The monoisotopic (exact) mass is 366 g/mol. The maximum atomic E-state index is 13.4. The van der Waals surface area contributed by atoms with Crippen molar-refractivity contribution in [2.24, 2.45) is 0 Å². The van der Waals surface area contributed by atoms with Gasteiger partial charge in [0, 0.05) is 36.3 Å². The Labute approximate surface area is 157 Å². The van der Waals surface area contributed by atoms with E-state index in [-0.39, 0.29) is 11.4 Å². The summed E-state index contributed by atoms with van der Waals surface area (Å²) in [7, 11) is 1.64. The highest BCUT2D eigenvalue weighted by molar-refractivity contribution is 5.96. The number of benzene rings is 1.